The molecule has 3 heteroatoms. The molecule has 1 aromatic rings. The summed E-state index contributed by atoms with van der Waals surface area (Å²) in [6, 6.07) is 6.88. The Hall–Kier alpha value is -0.930. The normalized spacial score (nSPS) is 14.3. The lowest BCUT2D eigenvalue weighted by Gasteiger charge is -2.23. The van der Waals surface area contributed by atoms with Crippen molar-refractivity contribution in [2.75, 3.05) is 13.1 Å². The third kappa shape index (κ3) is 5.70. The second kappa shape index (κ2) is 9.05. The predicted molar refractivity (Wildman–Crippen MR) is 77.8 cm³/mol. The molecule has 0 fully saturated rings. The van der Waals surface area contributed by atoms with Gasteiger partial charge in [-0.25, -0.2) is 4.39 Å². The summed E-state index contributed by atoms with van der Waals surface area (Å²) in [5.74, 6) is -0.186. The summed E-state index contributed by atoms with van der Waals surface area (Å²) in [7, 11) is 0. The molecule has 108 valence electrons. The lowest BCUT2D eigenvalue weighted by molar-refractivity contribution is -0.00882. The van der Waals surface area contributed by atoms with E-state index in [4.69, 9.17) is 4.74 Å². The van der Waals surface area contributed by atoms with Crippen molar-refractivity contribution >= 4 is 0 Å². The molecular formula is C16H26FNO. The Morgan fingerprint density at radius 3 is 2.58 bits per heavy atom. The summed E-state index contributed by atoms with van der Waals surface area (Å²) < 4.78 is 19.9. The molecule has 0 saturated carbocycles. The van der Waals surface area contributed by atoms with E-state index in [1.807, 2.05) is 12.1 Å². The molecular weight excluding hydrogens is 241 g/mol. The van der Waals surface area contributed by atoms with Gasteiger partial charge in [0.25, 0.3) is 0 Å². The van der Waals surface area contributed by atoms with Crippen LogP contribution in [0.1, 0.15) is 51.7 Å². The maximum atomic E-state index is 13.9. The Morgan fingerprint density at radius 1 is 1.21 bits per heavy atom. The van der Waals surface area contributed by atoms with Crippen molar-refractivity contribution in [1.29, 1.82) is 0 Å². The van der Waals surface area contributed by atoms with Crippen molar-refractivity contribution in [2.45, 2.75) is 52.2 Å². The number of rotatable bonds is 9. The molecule has 2 unspecified atom stereocenters. The minimum absolute atomic E-state index is 0.151. The molecule has 0 amide bonds. The highest BCUT2D eigenvalue weighted by atomic mass is 19.1. The van der Waals surface area contributed by atoms with Crippen molar-refractivity contribution < 1.29 is 9.13 Å². The number of halogens is 1. The summed E-state index contributed by atoms with van der Waals surface area (Å²) in [6.45, 7) is 7.88. The molecule has 1 aromatic carbocycles. The number of ether oxygens (including phenoxy) is 1. The molecule has 19 heavy (non-hydrogen) atoms. The van der Waals surface area contributed by atoms with Gasteiger partial charge >= 0.3 is 0 Å². The van der Waals surface area contributed by atoms with Crippen LogP contribution in [0, 0.1) is 5.82 Å². The van der Waals surface area contributed by atoms with Crippen molar-refractivity contribution in [3.05, 3.63) is 35.6 Å². The molecule has 2 nitrogen and oxygen atoms in total. The van der Waals surface area contributed by atoms with Gasteiger partial charge in [-0.05, 0) is 32.4 Å². The molecule has 0 aliphatic heterocycles. The zero-order valence-corrected chi connectivity index (χ0v) is 12.3. The monoisotopic (exact) mass is 267 g/mol. The predicted octanol–water partition coefficient (Wildman–Crippen LogP) is 4.07. The van der Waals surface area contributed by atoms with Crippen LogP contribution in [0.15, 0.2) is 24.3 Å². The zero-order chi connectivity index (χ0) is 14.1. The van der Waals surface area contributed by atoms with Crippen LogP contribution in [0.3, 0.4) is 0 Å². The fourth-order valence-corrected chi connectivity index (χ4v) is 2.13. The number of hydrogen-bond donors (Lipinski definition) is 1. The standard InChI is InChI=1S/C16H26FNO/c1-4-8-13(3)19-16(12-18-11-5-2)14-9-6-7-10-15(14)17/h6-7,9-10,13,16,18H,4-5,8,11-12H2,1-3H3. The van der Waals surface area contributed by atoms with Crippen LogP contribution < -0.4 is 5.32 Å². The smallest absolute Gasteiger partial charge is 0.129 e. The Bertz CT molecular complexity index is 356. The van der Waals surface area contributed by atoms with E-state index >= 15 is 0 Å². The van der Waals surface area contributed by atoms with E-state index in [0.717, 1.165) is 25.8 Å². The van der Waals surface area contributed by atoms with Gasteiger partial charge in [-0.15, -0.1) is 0 Å². The minimum Gasteiger partial charge on any atom is -0.369 e. The first-order valence-electron chi connectivity index (χ1n) is 7.29. The topological polar surface area (TPSA) is 21.3 Å². The van der Waals surface area contributed by atoms with E-state index in [0.29, 0.717) is 12.1 Å². The van der Waals surface area contributed by atoms with Gasteiger partial charge in [0, 0.05) is 12.1 Å². The first kappa shape index (κ1) is 16.1. The average molecular weight is 267 g/mol. The largest absolute Gasteiger partial charge is 0.369 e. The highest BCUT2D eigenvalue weighted by Gasteiger charge is 2.18. The third-order valence-electron chi connectivity index (χ3n) is 3.10. The SMILES string of the molecule is CCCNCC(OC(C)CCC)c1ccccc1F. The zero-order valence-electron chi connectivity index (χ0n) is 12.3. The van der Waals surface area contributed by atoms with Gasteiger partial charge in [-0.3, -0.25) is 0 Å². The summed E-state index contributed by atoms with van der Waals surface area (Å²) in [6.07, 6.45) is 3.08. The molecule has 0 bridgehead atoms. The summed E-state index contributed by atoms with van der Waals surface area (Å²) in [5.41, 5.74) is 0.647. The molecule has 1 rings (SSSR count). The molecule has 0 aliphatic rings. The Balaban J connectivity index is 2.71. The van der Waals surface area contributed by atoms with Crippen LogP contribution in [0.4, 0.5) is 4.39 Å². The summed E-state index contributed by atoms with van der Waals surface area (Å²) in [4.78, 5) is 0. The maximum Gasteiger partial charge on any atom is 0.129 e. The molecule has 0 aromatic heterocycles. The molecule has 2 atom stereocenters. The fraction of sp³-hybridized carbons (Fsp3) is 0.625. The van der Waals surface area contributed by atoms with E-state index in [9.17, 15) is 4.39 Å². The van der Waals surface area contributed by atoms with E-state index < -0.39 is 0 Å². The van der Waals surface area contributed by atoms with Crippen LogP contribution in [-0.4, -0.2) is 19.2 Å². The van der Waals surface area contributed by atoms with Gasteiger partial charge in [0.15, 0.2) is 0 Å². The lowest BCUT2D eigenvalue weighted by atomic mass is 10.1. The fourth-order valence-electron chi connectivity index (χ4n) is 2.13. The Kier molecular flexibility index (Phi) is 7.68. The van der Waals surface area contributed by atoms with Crippen LogP contribution in [0.2, 0.25) is 0 Å². The van der Waals surface area contributed by atoms with E-state index in [-0.39, 0.29) is 18.0 Å². The second-order valence-corrected chi connectivity index (χ2v) is 4.95. The Morgan fingerprint density at radius 2 is 1.95 bits per heavy atom. The molecule has 0 radical (unpaired) electrons. The average Bonchev–Trinajstić information content (AvgIpc) is 2.39. The van der Waals surface area contributed by atoms with Gasteiger partial charge in [-0.1, -0.05) is 38.5 Å². The lowest BCUT2D eigenvalue weighted by Crippen LogP contribution is -2.27. The van der Waals surface area contributed by atoms with Gasteiger partial charge in [-0.2, -0.15) is 0 Å². The first-order valence-corrected chi connectivity index (χ1v) is 7.29. The van der Waals surface area contributed by atoms with Gasteiger partial charge in [0.1, 0.15) is 5.82 Å². The number of nitrogens with one attached hydrogen (secondary N) is 1. The van der Waals surface area contributed by atoms with Crippen molar-refractivity contribution in [3.63, 3.8) is 0 Å². The van der Waals surface area contributed by atoms with Crippen molar-refractivity contribution in [2.24, 2.45) is 0 Å². The molecule has 1 N–H and O–H groups in total. The van der Waals surface area contributed by atoms with Crippen molar-refractivity contribution in [3.8, 4) is 0 Å². The molecule has 0 saturated heterocycles. The Labute approximate surface area is 116 Å². The van der Waals surface area contributed by atoms with Gasteiger partial charge in [0.05, 0.1) is 12.2 Å². The maximum absolute atomic E-state index is 13.9. The number of hydrogen-bond acceptors (Lipinski definition) is 2. The number of benzene rings is 1. The van der Waals surface area contributed by atoms with E-state index in [1.54, 1.807) is 6.07 Å². The van der Waals surface area contributed by atoms with Gasteiger partial charge < -0.3 is 10.1 Å². The minimum atomic E-state index is -0.214. The molecule has 0 aliphatic carbocycles. The first-order chi connectivity index (χ1) is 9.19. The highest BCUT2D eigenvalue weighted by molar-refractivity contribution is 5.20. The van der Waals surface area contributed by atoms with Crippen LogP contribution in [-0.2, 0) is 4.74 Å². The second-order valence-electron chi connectivity index (χ2n) is 4.95. The molecule has 0 spiro atoms. The van der Waals surface area contributed by atoms with Gasteiger partial charge in [0.2, 0.25) is 0 Å². The summed E-state index contributed by atoms with van der Waals surface area (Å²) in [5, 5.41) is 3.32. The van der Waals surface area contributed by atoms with Crippen LogP contribution in [0.5, 0.6) is 0 Å². The van der Waals surface area contributed by atoms with Crippen LogP contribution in [0.25, 0.3) is 0 Å². The highest BCUT2D eigenvalue weighted by Crippen LogP contribution is 2.22. The quantitative estimate of drug-likeness (QED) is 0.681. The van der Waals surface area contributed by atoms with Crippen molar-refractivity contribution in [1.82, 2.24) is 5.32 Å². The van der Waals surface area contributed by atoms with E-state index in [2.05, 4.69) is 26.1 Å². The van der Waals surface area contributed by atoms with Crippen LogP contribution >= 0.6 is 0 Å². The molecule has 0 heterocycles. The third-order valence-corrected chi connectivity index (χ3v) is 3.10. The summed E-state index contributed by atoms with van der Waals surface area (Å²) >= 11 is 0. The van der Waals surface area contributed by atoms with E-state index in [1.165, 1.54) is 6.07 Å².